The highest BCUT2D eigenvalue weighted by atomic mass is 16.5. The number of ether oxygens (including phenoxy) is 1. The molecule has 2 aromatic rings. The highest BCUT2D eigenvalue weighted by Gasteiger charge is 2.34. The molecule has 35 heavy (non-hydrogen) atoms. The molecule has 2 aliphatic rings. The predicted octanol–water partition coefficient (Wildman–Crippen LogP) is 2.26. The van der Waals surface area contributed by atoms with Crippen LogP contribution in [0.2, 0.25) is 0 Å². The molecule has 0 bridgehead atoms. The van der Waals surface area contributed by atoms with Crippen LogP contribution in [-0.4, -0.2) is 55.2 Å². The Morgan fingerprint density at radius 2 is 1.51 bits per heavy atom. The Hall–Kier alpha value is -3.88. The van der Waals surface area contributed by atoms with E-state index in [9.17, 15) is 19.2 Å². The van der Waals surface area contributed by atoms with Gasteiger partial charge >= 0.3 is 12.1 Å². The lowest BCUT2D eigenvalue weighted by atomic mass is 9.95. The molecule has 0 heterocycles. The van der Waals surface area contributed by atoms with Crippen molar-refractivity contribution >= 4 is 23.9 Å². The fourth-order valence-electron chi connectivity index (χ4n) is 5.03. The van der Waals surface area contributed by atoms with Crippen molar-refractivity contribution in [2.45, 2.75) is 25.2 Å². The number of carbonyl (C=O) groups excluding carboxylic acids is 3. The van der Waals surface area contributed by atoms with Crippen LogP contribution in [0.25, 0.3) is 11.1 Å². The third kappa shape index (κ3) is 5.79. The molecule has 0 aromatic heterocycles. The average molecular weight is 480 g/mol. The van der Waals surface area contributed by atoms with E-state index >= 15 is 0 Å². The van der Waals surface area contributed by atoms with E-state index in [2.05, 4.69) is 40.2 Å². The first-order valence-electron chi connectivity index (χ1n) is 11.8. The van der Waals surface area contributed by atoms with Crippen molar-refractivity contribution in [2.24, 2.45) is 11.8 Å². The third-order valence-electron chi connectivity index (χ3n) is 6.71. The number of carboxylic acid groups (broad SMARTS) is 1. The van der Waals surface area contributed by atoms with E-state index in [0.717, 1.165) is 35.1 Å². The lowest BCUT2D eigenvalue weighted by molar-refractivity contribution is -0.137. The van der Waals surface area contributed by atoms with Crippen molar-refractivity contribution in [2.75, 3.05) is 26.2 Å². The molecule has 2 aromatic carbocycles. The summed E-state index contributed by atoms with van der Waals surface area (Å²) >= 11 is 0. The van der Waals surface area contributed by atoms with Gasteiger partial charge in [0.05, 0.1) is 6.54 Å². The number of amides is 3. The number of hydrogen-bond donors (Lipinski definition) is 4. The largest absolute Gasteiger partial charge is 0.480 e. The number of alkyl carbamates (subject to hydrolysis) is 1. The molecule has 0 radical (unpaired) electrons. The maximum Gasteiger partial charge on any atom is 0.407 e. The van der Waals surface area contributed by atoms with Gasteiger partial charge in [0.25, 0.3) is 0 Å². The summed E-state index contributed by atoms with van der Waals surface area (Å²) in [5.74, 6) is -2.39. The summed E-state index contributed by atoms with van der Waals surface area (Å²) in [4.78, 5) is 47.1. The van der Waals surface area contributed by atoms with E-state index in [4.69, 9.17) is 9.84 Å². The summed E-state index contributed by atoms with van der Waals surface area (Å²) in [6.45, 7) is -0.250. The van der Waals surface area contributed by atoms with Crippen LogP contribution in [0.5, 0.6) is 0 Å². The average Bonchev–Trinajstić information content (AvgIpc) is 3.46. The smallest absolute Gasteiger partial charge is 0.407 e. The molecule has 1 saturated carbocycles. The maximum atomic E-state index is 12.5. The summed E-state index contributed by atoms with van der Waals surface area (Å²) in [7, 11) is 0. The minimum Gasteiger partial charge on any atom is -0.480 e. The van der Waals surface area contributed by atoms with Gasteiger partial charge in [0.2, 0.25) is 11.8 Å². The quantitative estimate of drug-likeness (QED) is 0.436. The summed E-state index contributed by atoms with van der Waals surface area (Å²) < 4.78 is 5.57. The number of carbonyl (C=O) groups is 4. The highest BCUT2D eigenvalue weighted by Crippen LogP contribution is 2.44. The third-order valence-corrected chi connectivity index (χ3v) is 6.71. The predicted molar refractivity (Wildman–Crippen MR) is 128 cm³/mol. The van der Waals surface area contributed by atoms with Crippen molar-refractivity contribution in [3.63, 3.8) is 0 Å². The molecule has 4 rings (SSSR count). The van der Waals surface area contributed by atoms with Gasteiger partial charge in [0.15, 0.2) is 0 Å². The van der Waals surface area contributed by atoms with Crippen LogP contribution in [0.15, 0.2) is 48.5 Å². The van der Waals surface area contributed by atoms with Crippen LogP contribution >= 0.6 is 0 Å². The van der Waals surface area contributed by atoms with Gasteiger partial charge in [-0.2, -0.15) is 0 Å². The minimum atomic E-state index is -1.15. The molecule has 4 N–H and O–H groups in total. The van der Waals surface area contributed by atoms with E-state index in [1.807, 2.05) is 24.3 Å². The van der Waals surface area contributed by atoms with Crippen molar-refractivity contribution in [1.82, 2.24) is 16.0 Å². The number of aliphatic carboxylic acids is 1. The lowest BCUT2D eigenvalue weighted by Gasteiger charge is -2.20. The second kappa shape index (κ2) is 11.0. The number of carboxylic acids is 1. The summed E-state index contributed by atoms with van der Waals surface area (Å²) in [6.07, 6.45) is 1.78. The molecule has 0 unspecified atom stereocenters. The topological polar surface area (TPSA) is 134 Å². The normalized spacial score (nSPS) is 18.3. The molecule has 1 fully saturated rings. The molecule has 2 atom stereocenters. The number of benzene rings is 2. The number of nitrogens with one attached hydrogen (secondary N) is 3. The second-order valence-electron chi connectivity index (χ2n) is 8.89. The van der Waals surface area contributed by atoms with Gasteiger partial charge in [-0.05, 0) is 41.0 Å². The summed E-state index contributed by atoms with van der Waals surface area (Å²) in [6, 6.07) is 16.3. The summed E-state index contributed by atoms with van der Waals surface area (Å²) in [5.41, 5.74) is 4.60. The Labute approximate surface area is 203 Å². The standard InChI is InChI=1S/C26H29N3O6/c30-23(27-14-24(31)32)13-28-25(33)17-11-5-6-16(17)12-29-26(34)35-15-22-20-9-3-1-7-18(20)19-8-2-4-10-21(19)22/h1-4,7-10,16-17,22H,5-6,11-15H2,(H,27,30)(H,28,33)(H,29,34)(H,31,32)/t16-,17-/m1/s1. The van der Waals surface area contributed by atoms with Crippen molar-refractivity contribution in [3.05, 3.63) is 59.7 Å². The van der Waals surface area contributed by atoms with E-state index in [1.54, 1.807) is 0 Å². The second-order valence-corrected chi connectivity index (χ2v) is 8.89. The Kier molecular flexibility index (Phi) is 7.64. The maximum absolute atomic E-state index is 12.5. The van der Waals surface area contributed by atoms with Gasteiger partial charge in [-0.25, -0.2) is 4.79 Å². The first-order valence-corrected chi connectivity index (χ1v) is 11.8. The fourth-order valence-corrected chi connectivity index (χ4v) is 5.03. The summed E-state index contributed by atoms with van der Waals surface area (Å²) in [5, 5.41) is 16.1. The molecule has 0 aliphatic heterocycles. The highest BCUT2D eigenvalue weighted by molar-refractivity contribution is 5.87. The fraction of sp³-hybridized carbons (Fsp3) is 0.385. The van der Waals surface area contributed by atoms with Crippen LogP contribution in [-0.2, 0) is 19.1 Å². The van der Waals surface area contributed by atoms with E-state index < -0.39 is 24.5 Å². The molecule has 0 spiro atoms. The van der Waals surface area contributed by atoms with E-state index in [1.165, 1.54) is 0 Å². The van der Waals surface area contributed by atoms with E-state index in [0.29, 0.717) is 13.0 Å². The number of rotatable bonds is 9. The zero-order valence-corrected chi connectivity index (χ0v) is 19.3. The molecule has 9 nitrogen and oxygen atoms in total. The minimum absolute atomic E-state index is 0.0227. The van der Waals surface area contributed by atoms with Crippen LogP contribution in [0.1, 0.15) is 36.3 Å². The first kappa shape index (κ1) is 24.3. The Balaban J connectivity index is 1.25. The van der Waals surface area contributed by atoms with E-state index in [-0.39, 0.29) is 36.8 Å². The van der Waals surface area contributed by atoms with Gasteiger partial charge in [-0.3, -0.25) is 14.4 Å². The molecule has 2 aliphatic carbocycles. The van der Waals surface area contributed by atoms with Gasteiger partial charge in [0, 0.05) is 18.4 Å². The molecule has 9 heteroatoms. The zero-order valence-electron chi connectivity index (χ0n) is 19.3. The Morgan fingerprint density at radius 3 is 2.17 bits per heavy atom. The molecule has 184 valence electrons. The Morgan fingerprint density at radius 1 is 0.857 bits per heavy atom. The monoisotopic (exact) mass is 479 g/mol. The molecular weight excluding hydrogens is 450 g/mol. The van der Waals surface area contributed by atoms with Crippen LogP contribution < -0.4 is 16.0 Å². The first-order chi connectivity index (χ1) is 16.9. The van der Waals surface area contributed by atoms with Crippen LogP contribution in [0.3, 0.4) is 0 Å². The SMILES string of the molecule is O=C(O)CNC(=O)CNC(=O)[C@@H]1CCC[C@@H]1CNC(=O)OCC1c2ccccc2-c2ccccc21. The van der Waals surface area contributed by atoms with Gasteiger partial charge in [-0.1, -0.05) is 55.0 Å². The van der Waals surface area contributed by atoms with Crippen LogP contribution in [0.4, 0.5) is 4.79 Å². The lowest BCUT2D eigenvalue weighted by Crippen LogP contribution is -2.43. The molecule has 3 amide bonds. The molecular formula is C26H29N3O6. The Bertz CT molecular complexity index is 1070. The zero-order chi connectivity index (χ0) is 24.8. The molecule has 0 saturated heterocycles. The van der Waals surface area contributed by atoms with Crippen LogP contribution in [0, 0.1) is 11.8 Å². The van der Waals surface area contributed by atoms with Crippen molar-refractivity contribution in [1.29, 1.82) is 0 Å². The number of fused-ring (bicyclic) bond motifs is 3. The van der Waals surface area contributed by atoms with Crippen molar-refractivity contribution in [3.8, 4) is 11.1 Å². The number of hydrogen-bond acceptors (Lipinski definition) is 5. The van der Waals surface area contributed by atoms with Gasteiger partial charge < -0.3 is 25.8 Å². The van der Waals surface area contributed by atoms with Gasteiger partial charge in [-0.15, -0.1) is 0 Å². The van der Waals surface area contributed by atoms with Gasteiger partial charge in [0.1, 0.15) is 13.2 Å². The van der Waals surface area contributed by atoms with Crippen molar-refractivity contribution < 1.29 is 29.0 Å².